The summed E-state index contributed by atoms with van der Waals surface area (Å²) in [4.78, 5) is 27.7. The number of piperidine rings is 1. The third-order valence-corrected chi connectivity index (χ3v) is 6.11. The summed E-state index contributed by atoms with van der Waals surface area (Å²) < 4.78 is 27.1. The molecule has 0 aliphatic carbocycles. The molecule has 0 spiro atoms. The van der Waals surface area contributed by atoms with E-state index in [1.807, 2.05) is 0 Å². The minimum absolute atomic E-state index is 0. The Kier molecular flexibility index (Phi) is 5.49. The minimum atomic E-state index is -3.73. The van der Waals surface area contributed by atoms with Gasteiger partial charge < -0.3 is 10.7 Å². The van der Waals surface area contributed by atoms with Crippen molar-refractivity contribution >= 4 is 33.3 Å². The lowest BCUT2D eigenvalue weighted by Crippen LogP contribution is -2.47. The highest BCUT2D eigenvalue weighted by Gasteiger charge is 2.32. The molecule has 3 rings (SSSR count). The number of H-pyrrole nitrogens is 2. The molecule has 1 atom stereocenters. The molecule has 8 nitrogen and oxygen atoms in total. The third-order valence-electron chi connectivity index (χ3n) is 4.16. The van der Waals surface area contributed by atoms with Crippen LogP contribution in [0.4, 0.5) is 0 Å². The molecule has 132 valence electrons. The zero-order valence-corrected chi connectivity index (χ0v) is 14.5. The van der Waals surface area contributed by atoms with E-state index in [4.69, 9.17) is 5.73 Å². The number of benzene rings is 1. The Balaban J connectivity index is 0.00000208. The van der Waals surface area contributed by atoms with Gasteiger partial charge in [-0.1, -0.05) is 6.42 Å². The first-order valence-electron chi connectivity index (χ1n) is 7.42. The molecule has 1 unspecified atom stereocenters. The fourth-order valence-electron chi connectivity index (χ4n) is 2.97. The number of nitrogens with one attached hydrogen (secondary N) is 2. The number of rotatable bonds is 3. The number of hydrogen-bond acceptors (Lipinski definition) is 5. The topological polar surface area (TPSA) is 129 Å². The van der Waals surface area contributed by atoms with Crippen molar-refractivity contribution in [1.82, 2.24) is 14.3 Å². The van der Waals surface area contributed by atoms with Crippen molar-refractivity contribution in [2.75, 3.05) is 13.1 Å². The minimum Gasteiger partial charge on any atom is -0.329 e. The average Bonchev–Trinajstić information content (AvgIpc) is 2.54. The molecule has 1 aromatic heterocycles. The quantitative estimate of drug-likeness (QED) is 0.703. The largest absolute Gasteiger partial charge is 0.329 e. The lowest BCUT2D eigenvalue weighted by molar-refractivity contribution is 0.257. The van der Waals surface area contributed by atoms with Crippen molar-refractivity contribution in [1.29, 1.82) is 0 Å². The molecule has 1 fully saturated rings. The van der Waals surface area contributed by atoms with Crippen LogP contribution in [-0.2, 0) is 10.0 Å². The molecule has 1 saturated heterocycles. The van der Waals surface area contributed by atoms with E-state index in [-0.39, 0.29) is 35.3 Å². The van der Waals surface area contributed by atoms with Crippen LogP contribution in [0.3, 0.4) is 0 Å². The normalized spacial score (nSPS) is 19.1. The molecule has 10 heteroatoms. The molecule has 1 aliphatic rings. The van der Waals surface area contributed by atoms with E-state index in [0.29, 0.717) is 12.1 Å². The van der Waals surface area contributed by atoms with Gasteiger partial charge >= 0.3 is 5.69 Å². The van der Waals surface area contributed by atoms with Crippen LogP contribution < -0.4 is 17.0 Å². The smallest absolute Gasteiger partial charge is 0.326 e. The lowest BCUT2D eigenvalue weighted by Gasteiger charge is -2.33. The molecule has 1 aliphatic heterocycles. The molecule has 0 radical (unpaired) electrons. The van der Waals surface area contributed by atoms with Gasteiger partial charge in [0.2, 0.25) is 10.0 Å². The monoisotopic (exact) mass is 374 g/mol. The van der Waals surface area contributed by atoms with Gasteiger partial charge in [-0.05, 0) is 31.0 Å². The fourth-order valence-corrected chi connectivity index (χ4v) is 4.70. The van der Waals surface area contributed by atoms with Crippen molar-refractivity contribution in [3.63, 3.8) is 0 Å². The Morgan fingerprint density at radius 1 is 1.21 bits per heavy atom. The highest BCUT2D eigenvalue weighted by atomic mass is 35.5. The predicted molar refractivity (Wildman–Crippen MR) is 93.0 cm³/mol. The second kappa shape index (κ2) is 7.06. The zero-order chi connectivity index (χ0) is 16.6. The molecule has 4 N–H and O–H groups in total. The molecular formula is C14H19ClN4O4S. The van der Waals surface area contributed by atoms with Crippen molar-refractivity contribution in [2.24, 2.45) is 5.73 Å². The summed E-state index contributed by atoms with van der Waals surface area (Å²) in [6, 6.07) is 3.90. The zero-order valence-electron chi connectivity index (χ0n) is 12.8. The number of sulfonamides is 1. The lowest BCUT2D eigenvalue weighted by atomic mass is 10.1. The number of nitrogens with zero attached hydrogens (tertiary/aromatic N) is 1. The van der Waals surface area contributed by atoms with Gasteiger partial charge in [0.1, 0.15) is 0 Å². The van der Waals surface area contributed by atoms with Crippen LogP contribution in [0.1, 0.15) is 19.3 Å². The van der Waals surface area contributed by atoms with Crippen molar-refractivity contribution in [3.8, 4) is 0 Å². The number of nitrogens with two attached hydrogens (primary N) is 1. The first kappa shape index (κ1) is 18.7. The number of aromatic nitrogens is 2. The molecule has 0 bridgehead atoms. The standard InChI is InChI=1S/C14H18N4O4S.ClH/c15-8-9-3-1-2-6-18(9)23(21,22)10-4-5-12-11(7-10)13(19)17-14(20)16-12;/h4-5,7,9H,1-3,6,8,15H2,(H2,16,17,19,20);1H. The van der Waals surface area contributed by atoms with E-state index in [0.717, 1.165) is 19.3 Å². The third kappa shape index (κ3) is 3.25. The Morgan fingerprint density at radius 3 is 2.67 bits per heavy atom. The van der Waals surface area contributed by atoms with E-state index >= 15 is 0 Å². The van der Waals surface area contributed by atoms with Crippen molar-refractivity contribution in [2.45, 2.75) is 30.2 Å². The van der Waals surface area contributed by atoms with Crippen LogP contribution in [0.5, 0.6) is 0 Å². The van der Waals surface area contributed by atoms with Crippen LogP contribution in [0.15, 0.2) is 32.7 Å². The summed E-state index contributed by atoms with van der Waals surface area (Å²) in [6.07, 6.45) is 2.47. The molecule has 0 saturated carbocycles. The SMILES string of the molecule is Cl.NCC1CCCCN1S(=O)(=O)c1ccc2[nH]c(=O)[nH]c(=O)c2c1. The summed E-state index contributed by atoms with van der Waals surface area (Å²) in [7, 11) is -3.73. The number of halogens is 1. The summed E-state index contributed by atoms with van der Waals surface area (Å²) in [6.45, 7) is 0.685. The van der Waals surface area contributed by atoms with Gasteiger partial charge in [-0.25, -0.2) is 13.2 Å². The highest BCUT2D eigenvalue weighted by Crippen LogP contribution is 2.25. The highest BCUT2D eigenvalue weighted by molar-refractivity contribution is 7.89. The van der Waals surface area contributed by atoms with Gasteiger partial charge in [0.05, 0.1) is 15.8 Å². The number of aromatic amines is 2. The van der Waals surface area contributed by atoms with E-state index in [1.165, 1.54) is 22.5 Å². The van der Waals surface area contributed by atoms with E-state index in [9.17, 15) is 18.0 Å². The molecule has 1 aromatic carbocycles. The fraction of sp³-hybridized carbons (Fsp3) is 0.429. The predicted octanol–water partition coefficient (Wildman–Crippen LogP) is 0.140. The van der Waals surface area contributed by atoms with Crippen LogP contribution >= 0.6 is 12.4 Å². The van der Waals surface area contributed by atoms with Gasteiger partial charge in [-0.3, -0.25) is 9.78 Å². The Labute approximate surface area is 144 Å². The van der Waals surface area contributed by atoms with Crippen molar-refractivity contribution < 1.29 is 8.42 Å². The second-order valence-electron chi connectivity index (χ2n) is 5.62. The maximum Gasteiger partial charge on any atom is 0.326 e. The molecule has 2 heterocycles. The second-order valence-corrected chi connectivity index (χ2v) is 7.51. The molecule has 0 amide bonds. The summed E-state index contributed by atoms with van der Waals surface area (Å²) >= 11 is 0. The summed E-state index contributed by atoms with van der Waals surface area (Å²) in [5.74, 6) is 0. The van der Waals surface area contributed by atoms with Gasteiger partial charge in [0.25, 0.3) is 5.56 Å². The maximum absolute atomic E-state index is 12.9. The van der Waals surface area contributed by atoms with E-state index in [1.54, 1.807) is 0 Å². The summed E-state index contributed by atoms with van der Waals surface area (Å²) in [5, 5.41) is 0.131. The maximum atomic E-state index is 12.9. The first-order chi connectivity index (χ1) is 10.9. The molecule has 2 aromatic rings. The molecule has 24 heavy (non-hydrogen) atoms. The van der Waals surface area contributed by atoms with Crippen LogP contribution in [0.25, 0.3) is 10.9 Å². The molecular weight excluding hydrogens is 356 g/mol. The Morgan fingerprint density at radius 2 is 1.96 bits per heavy atom. The Bertz CT molecular complexity index is 953. The number of hydrogen-bond donors (Lipinski definition) is 3. The van der Waals surface area contributed by atoms with Gasteiger partial charge in [-0.15, -0.1) is 12.4 Å². The number of fused-ring (bicyclic) bond motifs is 1. The van der Waals surface area contributed by atoms with Gasteiger partial charge in [0, 0.05) is 19.1 Å². The van der Waals surface area contributed by atoms with Gasteiger partial charge in [0.15, 0.2) is 0 Å². The Hall–Kier alpha value is -1.68. The average molecular weight is 375 g/mol. The van der Waals surface area contributed by atoms with E-state index in [2.05, 4.69) is 9.97 Å². The first-order valence-corrected chi connectivity index (χ1v) is 8.86. The van der Waals surface area contributed by atoms with Crippen molar-refractivity contribution in [3.05, 3.63) is 39.0 Å². The van der Waals surface area contributed by atoms with Crippen LogP contribution in [0.2, 0.25) is 0 Å². The summed E-state index contributed by atoms with van der Waals surface area (Å²) in [5.41, 5.74) is 4.75. The van der Waals surface area contributed by atoms with Gasteiger partial charge in [-0.2, -0.15) is 4.31 Å². The van der Waals surface area contributed by atoms with Crippen LogP contribution in [0, 0.1) is 0 Å². The van der Waals surface area contributed by atoms with E-state index < -0.39 is 21.3 Å². The van der Waals surface area contributed by atoms with Crippen LogP contribution in [-0.4, -0.2) is 41.8 Å².